The molecule has 1 rings (SSSR count). The van der Waals surface area contributed by atoms with Crippen molar-refractivity contribution in [3.8, 4) is 0 Å². The first-order valence-corrected chi connectivity index (χ1v) is 5.23. The molecule has 0 heterocycles. The normalized spacial score (nSPS) is 12.2. The number of aryl methyl sites for hydroxylation is 1. The van der Waals surface area contributed by atoms with Crippen molar-refractivity contribution in [2.75, 3.05) is 5.32 Å². The molecule has 1 atom stereocenters. The predicted molar refractivity (Wildman–Crippen MR) is 60.7 cm³/mol. The van der Waals surface area contributed by atoms with Gasteiger partial charge in [0.05, 0.1) is 6.10 Å². The van der Waals surface area contributed by atoms with Crippen LogP contribution < -0.4 is 5.32 Å². The van der Waals surface area contributed by atoms with Gasteiger partial charge in [0.15, 0.2) is 0 Å². The van der Waals surface area contributed by atoms with Crippen molar-refractivity contribution < 1.29 is 14.3 Å². The van der Waals surface area contributed by atoms with Gasteiger partial charge in [-0.2, -0.15) is 0 Å². The van der Waals surface area contributed by atoms with Gasteiger partial charge in [-0.05, 0) is 44.0 Å². The first kappa shape index (κ1) is 12.6. The van der Waals surface area contributed by atoms with E-state index in [1.165, 1.54) is 18.2 Å². The molecule has 1 unspecified atom stereocenters. The summed E-state index contributed by atoms with van der Waals surface area (Å²) < 4.78 is 12.8. The fraction of sp³-hybridized carbons (Fsp3) is 0.417. The van der Waals surface area contributed by atoms with E-state index >= 15 is 0 Å². The standard InChI is InChI=1S/C12H16FNO2/c1-8-7-10(13)4-5-11(8)14-12(16)6-3-9(2)15/h4-5,7,9,15H,3,6H2,1-2H3,(H,14,16). The smallest absolute Gasteiger partial charge is 0.224 e. The third-order valence-electron chi connectivity index (χ3n) is 2.25. The van der Waals surface area contributed by atoms with Crippen molar-refractivity contribution in [2.45, 2.75) is 32.8 Å². The Hall–Kier alpha value is -1.42. The Balaban J connectivity index is 2.56. The SMILES string of the molecule is Cc1cc(F)ccc1NC(=O)CCC(C)O. The number of halogens is 1. The van der Waals surface area contributed by atoms with E-state index < -0.39 is 6.10 Å². The average Bonchev–Trinajstić information content (AvgIpc) is 2.19. The maximum atomic E-state index is 12.8. The third-order valence-corrected chi connectivity index (χ3v) is 2.25. The maximum absolute atomic E-state index is 12.8. The highest BCUT2D eigenvalue weighted by Gasteiger charge is 2.06. The molecule has 1 amide bonds. The molecule has 0 aliphatic rings. The van der Waals surface area contributed by atoms with E-state index in [4.69, 9.17) is 5.11 Å². The summed E-state index contributed by atoms with van der Waals surface area (Å²) in [4.78, 5) is 11.4. The van der Waals surface area contributed by atoms with Gasteiger partial charge in [-0.3, -0.25) is 4.79 Å². The molecule has 0 saturated carbocycles. The Bertz CT molecular complexity index is 377. The van der Waals surface area contributed by atoms with Gasteiger partial charge in [-0.1, -0.05) is 0 Å². The Morgan fingerprint density at radius 3 is 2.81 bits per heavy atom. The van der Waals surface area contributed by atoms with Crippen molar-refractivity contribution in [1.29, 1.82) is 0 Å². The minimum atomic E-state index is -0.486. The van der Waals surface area contributed by atoms with Crippen LogP contribution in [0.15, 0.2) is 18.2 Å². The van der Waals surface area contributed by atoms with E-state index in [1.807, 2.05) is 0 Å². The quantitative estimate of drug-likeness (QED) is 0.825. The van der Waals surface area contributed by atoms with Gasteiger partial charge in [-0.25, -0.2) is 4.39 Å². The number of amides is 1. The summed E-state index contributed by atoms with van der Waals surface area (Å²) in [5.41, 5.74) is 1.29. The number of carbonyl (C=O) groups excluding carboxylic acids is 1. The van der Waals surface area contributed by atoms with Crippen LogP contribution in [0.4, 0.5) is 10.1 Å². The number of nitrogens with one attached hydrogen (secondary N) is 1. The molecule has 0 spiro atoms. The molecule has 4 heteroatoms. The van der Waals surface area contributed by atoms with Crippen molar-refractivity contribution in [1.82, 2.24) is 0 Å². The lowest BCUT2D eigenvalue weighted by Crippen LogP contribution is -2.14. The fourth-order valence-electron chi connectivity index (χ4n) is 1.32. The largest absolute Gasteiger partial charge is 0.393 e. The van der Waals surface area contributed by atoms with Crippen LogP contribution in [0, 0.1) is 12.7 Å². The first-order valence-electron chi connectivity index (χ1n) is 5.23. The number of rotatable bonds is 4. The highest BCUT2D eigenvalue weighted by atomic mass is 19.1. The Morgan fingerprint density at radius 2 is 2.25 bits per heavy atom. The highest BCUT2D eigenvalue weighted by Crippen LogP contribution is 2.16. The lowest BCUT2D eigenvalue weighted by Gasteiger charge is -2.09. The lowest BCUT2D eigenvalue weighted by atomic mass is 10.1. The molecule has 0 bridgehead atoms. The topological polar surface area (TPSA) is 49.3 Å². The van der Waals surface area contributed by atoms with Crippen LogP contribution in [-0.4, -0.2) is 17.1 Å². The van der Waals surface area contributed by atoms with Crippen LogP contribution in [-0.2, 0) is 4.79 Å². The van der Waals surface area contributed by atoms with Gasteiger partial charge >= 0.3 is 0 Å². The monoisotopic (exact) mass is 225 g/mol. The number of carbonyl (C=O) groups is 1. The Labute approximate surface area is 94.3 Å². The number of hydrogen-bond acceptors (Lipinski definition) is 2. The van der Waals surface area contributed by atoms with Crippen molar-refractivity contribution >= 4 is 11.6 Å². The number of benzene rings is 1. The minimum Gasteiger partial charge on any atom is -0.393 e. The summed E-state index contributed by atoms with van der Waals surface area (Å²) in [5, 5.41) is 11.7. The zero-order valence-corrected chi connectivity index (χ0v) is 9.46. The molecule has 2 N–H and O–H groups in total. The summed E-state index contributed by atoms with van der Waals surface area (Å²) >= 11 is 0. The molecule has 1 aromatic rings. The predicted octanol–water partition coefficient (Wildman–Crippen LogP) is 2.23. The van der Waals surface area contributed by atoms with Crippen LogP contribution in [0.2, 0.25) is 0 Å². The summed E-state index contributed by atoms with van der Waals surface area (Å²) in [5.74, 6) is -0.491. The second-order valence-electron chi connectivity index (χ2n) is 3.90. The fourth-order valence-corrected chi connectivity index (χ4v) is 1.32. The molecule has 0 aliphatic heterocycles. The van der Waals surface area contributed by atoms with Crippen LogP contribution in [0.25, 0.3) is 0 Å². The minimum absolute atomic E-state index is 0.171. The molecule has 0 saturated heterocycles. The Kier molecular flexibility index (Phi) is 4.43. The van der Waals surface area contributed by atoms with Gasteiger partial charge < -0.3 is 10.4 Å². The van der Waals surface area contributed by atoms with E-state index in [1.54, 1.807) is 13.8 Å². The van der Waals surface area contributed by atoms with Gasteiger partial charge in [-0.15, -0.1) is 0 Å². The lowest BCUT2D eigenvalue weighted by molar-refractivity contribution is -0.116. The number of hydrogen-bond donors (Lipinski definition) is 2. The van der Waals surface area contributed by atoms with E-state index in [0.717, 1.165) is 0 Å². The highest BCUT2D eigenvalue weighted by molar-refractivity contribution is 5.91. The molecule has 0 aliphatic carbocycles. The zero-order valence-electron chi connectivity index (χ0n) is 9.46. The van der Waals surface area contributed by atoms with E-state index in [-0.39, 0.29) is 18.1 Å². The van der Waals surface area contributed by atoms with Crippen LogP contribution in [0.1, 0.15) is 25.3 Å². The second-order valence-corrected chi connectivity index (χ2v) is 3.90. The van der Waals surface area contributed by atoms with Gasteiger partial charge in [0.1, 0.15) is 5.82 Å². The van der Waals surface area contributed by atoms with E-state index in [2.05, 4.69) is 5.32 Å². The average molecular weight is 225 g/mol. The summed E-state index contributed by atoms with van der Waals surface area (Å²) in [6, 6.07) is 4.20. The number of aliphatic hydroxyl groups is 1. The second kappa shape index (κ2) is 5.61. The molecule has 0 aromatic heterocycles. The van der Waals surface area contributed by atoms with Gasteiger partial charge in [0, 0.05) is 12.1 Å². The molecule has 16 heavy (non-hydrogen) atoms. The van der Waals surface area contributed by atoms with Crippen molar-refractivity contribution in [3.05, 3.63) is 29.6 Å². The van der Waals surface area contributed by atoms with Crippen LogP contribution >= 0.6 is 0 Å². The number of aliphatic hydroxyl groups excluding tert-OH is 1. The van der Waals surface area contributed by atoms with Gasteiger partial charge in [0.25, 0.3) is 0 Å². The summed E-state index contributed by atoms with van der Waals surface area (Å²) in [6.07, 6.45) is 0.195. The molecule has 0 radical (unpaired) electrons. The molecular formula is C12H16FNO2. The molecule has 0 fully saturated rings. The zero-order chi connectivity index (χ0) is 12.1. The number of anilines is 1. The van der Waals surface area contributed by atoms with E-state index in [9.17, 15) is 9.18 Å². The molecule has 1 aromatic carbocycles. The van der Waals surface area contributed by atoms with Gasteiger partial charge in [0.2, 0.25) is 5.91 Å². The molecule has 88 valence electrons. The molecular weight excluding hydrogens is 209 g/mol. The van der Waals surface area contributed by atoms with Crippen LogP contribution in [0.5, 0.6) is 0 Å². The van der Waals surface area contributed by atoms with E-state index in [0.29, 0.717) is 17.7 Å². The van der Waals surface area contributed by atoms with Crippen molar-refractivity contribution in [3.63, 3.8) is 0 Å². The Morgan fingerprint density at radius 1 is 1.56 bits per heavy atom. The maximum Gasteiger partial charge on any atom is 0.224 e. The molecule has 3 nitrogen and oxygen atoms in total. The van der Waals surface area contributed by atoms with Crippen molar-refractivity contribution in [2.24, 2.45) is 0 Å². The first-order chi connectivity index (χ1) is 7.49. The van der Waals surface area contributed by atoms with Crippen LogP contribution in [0.3, 0.4) is 0 Å². The third kappa shape index (κ3) is 3.98. The summed E-state index contributed by atoms with van der Waals surface area (Å²) in [6.45, 7) is 3.36. The summed E-state index contributed by atoms with van der Waals surface area (Å²) in [7, 11) is 0.